The van der Waals surface area contributed by atoms with Gasteiger partial charge in [-0.2, -0.15) is 0 Å². The number of hydrogen-bond donors (Lipinski definition) is 2. The molecule has 3 nitrogen and oxygen atoms in total. The van der Waals surface area contributed by atoms with Gasteiger partial charge in [-0.25, -0.2) is 0 Å². The molecule has 2 aromatic rings. The van der Waals surface area contributed by atoms with E-state index in [4.69, 9.17) is 5.73 Å². The minimum Gasteiger partial charge on any atom is -0.361 e. The minimum atomic E-state index is 0.558. The molecule has 0 saturated heterocycles. The van der Waals surface area contributed by atoms with Crippen LogP contribution in [0.15, 0.2) is 41.5 Å². The molecule has 1 aromatic carbocycles. The Morgan fingerprint density at radius 2 is 2.22 bits per heavy atom. The quantitative estimate of drug-likeness (QED) is 0.828. The molecule has 18 heavy (non-hydrogen) atoms. The van der Waals surface area contributed by atoms with Crippen LogP contribution in [0.5, 0.6) is 0 Å². The Hall–Kier alpha value is -2.13. The van der Waals surface area contributed by atoms with Gasteiger partial charge >= 0.3 is 0 Å². The molecule has 0 atom stereocenters. The van der Waals surface area contributed by atoms with Crippen molar-refractivity contribution in [2.45, 2.75) is 13.5 Å². The monoisotopic (exact) mass is 237 g/mol. The number of aromatic nitrogens is 1. The summed E-state index contributed by atoms with van der Waals surface area (Å²) in [5.74, 6) is 0. The zero-order valence-corrected chi connectivity index (χ0v) is 10.3. The zero-order valence-electron chi connectivity index (χ0n) is 10.3. The lowest BCUT2D eigenvalue weighted by molar-refractivity contribution is 1.07. The average Bonchev–Trinajstić information content (AvgIpc) is 3.06. The summed E-state index contributed by atoms with van der Waals surface area (Å²) < 4.78 is 0. The highest BCUT2D eigenvalue weighted by Crippen LogP contribution is 2.36. The van der Waals surface area contributed by atoms with Gasteiger partial charge in [0.15, 0.2) is 0 Å². The highest BCUT2D eigenvalue weighted by Gasteiger charge is 2.15. The summed E-state index contributed by atoms with van der Waals surface area (Å²) in [6, 6.07) is 10.3. The number of nitrogens with one attached hydrogen (secondary N) is 1. The predicted molar refractivity (Wildman–Crippen MR) is 75.8 cm³/mol. The molecular weight excluding hydrogens is 222 g/mol. The van der Waals surface area contributed by atoms with Crippen molar-refractivity contribution in [2.24, 2.45) is 10.7 Å². The van der Waals surface area contributed by atoms with E-state index < -0.39 is 0 Å². The average molecular weight is 237 g/mol. The van der Waals surface area contributed by atoms with E-state index in [9.17, 15) is 0 Å². The van der Waals surface area contributed by atoms with E-state index in [2.05, 4.69) is 29.0 Å². The molecule has 1 aliphatic heterocycles. The number of rotatable bonds is 2. The fraction of sp³-hybridized carbons (Fsp3) is 0.133. The predicted octanol–water partition coefficient (Wildman–Crippen LogP) is 3.12. The summed E-state index contributed by atoms with van der Waals surface area (Å²) >= 11 is 0. The molecule has 90 valence electrons. The second-order valence-corrected chi connectivity index (χ2v) is 4.44. The molecule has 3 rings (SSSR count). The molecule has 1 aliphatic rings. The van der Waals surface area contributed by atoms with Crippen LogP contribution in [0.3, 0.4) is 0 Å². The van der Waals surface area contributed by atoms with Crippen LogP contribution in [-0.4, -0.2) is 11.2 Å². The number of aromatic amines is 1. The van der Waals surface area contributed by atoms with Gasteiger partial charge in [-0.1, -0.05) is 6.07 Å². The van der Waals surface area contributed by atoms with Crippen molar-refractivity contribution in [2.75, 3.05) is 0 Å². The summed E-state index contributed by atoms with van der Waals surface area (Å²) in [6.45, 7) is 2.67. The fourth-order valence-corrected chi connectivity index (χ4v) is 2.25. The number of nitrogens with two attached hydrogens (primary N) is 1. The Balaban J connectivity index is 2.14. The summed E-state index contributed by atoms with van der Waals surface area (Å²) in [6.07, 6.45) is 3.86. The molecule has 0 saturated carbocycles. The van der Waals surface area contributed by atoms with E-state index >= 15 is 0 Å². The first-order valence-corrected chi connectivity index (χ1v) is 6.01. The third-order valence-corrected chi connectivity index (χ3v) is 3.33. The first-order valence-electron chi connectivity index (χ1n) is 6.01. The Kier molecular flexibility index (Phi) is 2.61. The summed E-state index contributed by atoms with van der Waals surface area (Å²) in [7, 11) is 0. The fourth-order valence-electron chi connectivity index (χ4n) is 2.25. The number of allylic oxidation sites excluding steroid dienone is 2. The molecule has 1 aromatic heterocycles. The maximum absolute atomic E-state index is 5.70. The number of H-pyrrole nitrogens is 1. The van der Waals surface area contributed by atoms with Crippen LogP contribution in [0.2, 0.25) is 0 Å². The van der Waals surface area contributed by atoms with Gasteiger partial charge in [-0.05, 0) is 42.3 Å². The van der Waals surface area contributed by atoms with E-state index in [-0.39, 0.29) is 0 Å². The molecule has 0 amide bonds. The molecule has 0 spiro atoms. The van der Waals surface area contributed by atoms with Crippen LogP contribution in [0.4, 0.5) is 5.69 Å². The molecule has 3 N–H and O–H groups in total. The van der Waals surface area contributed by atoms with E-state index in [0.717, 1.165) is 16.9 Å². The highest BCUT2D eigenvalue weighted by molar-refractivity contribution is 6.23. The minimum absolute atomic E-state index is 0.558. The second kappa shape index (κ2) is 4.27. The number of nitrogens with zero attached hydrogens (tertiary/aromatic N) is 1. The van der Waals surface area contributed by atoms with Gasteiger partial charge < -0.3 is 10.7 Å². The Morgan fingerprint density at radius 1 is 1.33 bits per heavy atom. The molecule has 0 bridgehead atoms. The van der Waals surface area contributed by atoms with Crippen molar-refractivity contribution < 1.29 is 0 Å². The van der Waals surface area contributed by atoms with Gasteiger partial charge in [0, 0.05) is 35.8 Å². The highest BCUT2D eigenvalue weighted by atomic mass is 14.8. The lowest BCUT2D eigenvalue weighted by Crippen LogP contribution is -1.96. The summed E-state index contributed by atoms with van der Waals surface area (Å²) in [5.41, 5.74) is 12.5. The van der Waals surface area contributed by atoms with E-state index in [0.29, 0.717) is 6.54 Å². The van der Waals surface area contributed by atoms with Crippen LogP contribution >= 0.6 is 0 Å². The molecule has 0 radical (unpaired) electrons. The number of fused-ring (bicyclic) bond motifs is 1. The van der Waals surface area contributed by atoms with Gasteiger partial charge in [-0.3, -0.25) is 4.99 Å². The van der Waals surface area contributed by atoms with Gasteiger partial charge in [0.1, 0.15) is 0 Å². The van der Waals surface area contributed by atoms with E-state index in [1.165, 1.54) is 16.7 Å². The second-order valence-electron chi connectivity index (χ2n) is 4.44. The van der Waals surface area contributed by atoms with Crippen molar-refractivity contribution in [1.29, 1.82) is 0 Å². The van der Waals surface area contributed by atoms with E-state index in [1.54, 1.807) is 0 Å². The van der Waals surface area contributed by atoms with Crippen LogP contribution in [0, 0.1) is 0 Å². The molecule has 2 heterocycles. The van der Waals surface area contributed by atoms with Crippen LogP contribution in [0.1, 0.15) is 23.7 Å². The van der Waals surface area contributed by atoms with Crippen molar-refractivity contribution in [1.82, 2.24) is 4.98 Å². The van der Waals surface area contributed by atoms with Gasteiger partial charge in [-0.15, -0.1) is 0 Å². The number of hydrogen-bond acceptors (Lipinski definition) is 2. The standard InChI is InChI=1S/C15H15N3/c1-10(14-3-2-6-17-14)13-9-18-15-5-4-11(8-16)7-12(13)15/h2-7,9,17H,8,16H2,1H3. The van der Waals surface area contributed by atoms with Gasteiger partial charge in [0.05, 0.1) is 5.69 Å². The Bertz CT molecular complexity index is 634. The van der Waals surface area contributed by atoms with Crippen molar-refractivity contribution in [3.8, 4) is 0 Å². The maximum Gasteiger partial charge on any atom is 0.0709 e. The van der Waals surface area contributed by atoms with Crippen LogP contribution in [0.25, 0.3) is 11.1 Å². The van der Waals surface area contributed by atoms with Crippen molar-refractivity contribution in [3.05, 3.63) is 53.3 Å². The number of aliphatic imine (C=N–C) groups is 1. The third-order valence-electron chi connectivity index (χ3n) is 3.33. The molecular formula is C15H15N3. The largest absolute Gasteiger partial charge is 0.361 e. The van der Waals surface area contributed by atoms with Crippen LogP contribution in [-0.2, 0) is 6.54 Å². The maximum atomic E-state index is 5.70. The summed E-state index contributed by atoms with van der Waals surface area (Å²) in [4.78, 5) is 7.68. The Labute approximate surface area is 106 Å². The molecule has 0 fully saturated rings. The first-order chi connectivity index (χ1) is 8.79. The lowest BCUT2D eigenvalue weighted by atomic mass is 9.98. The van der Waals surface area contributed by atoms with E-state index in [1.807, 2.05) is 30.6 Å². The number of benzene rings is 1. The SMILES string of the molecule is CC(=C1C=Nc2ccc(CN)cc21)c1ccc[nH]1. The summed E-state index contributed by atoms with van der Waals surface area (Å²) in [5, 5.41) is 0. The van der Waals surface area contributed by atoms with Crippen molar-refractivity contribution in [3.63, 3.8) is 0 Å². The lowest BCUT2D eigenvalue weighted by Gasteiger charge is -2.06. The zero-order chi connectivity index (χ0) is 12.5. The molecule has 3 heteroatoms. The van der Waals surface area contributed by atoms with Gasteiger partial charge in [0.25, 0.3) is 0 Å². The molecule has 0 aliphatic carbocycles. The van der Waals surface area contributed by atoms with Crippen LogP contribution < -0.4 is 5.73 Å². The first kappa shape index (κ1) is 11.0. The van der Waals surface area contributed by atoms with Gasteiger partial charge in [0.2, 0.25) is 0 Å². The third kappa shape index (κ3) is 1.69. The topological polar surface area (TPSA) is 54.2 Å². The van der Waals surface area contributed by atoms with Crippen molar-refractivity contribution >= 4 is 23.0 Å². The smallest absolute Gasteiger partial charge is 0.0709 e. The molecule has 0 unspecified atom stereocenters. The normalized spacial score (nSPS) is 15.9. The Morgan fingerprint density at radius 3 is 2.94 bits per heavy atom.